The summed E-state index contributed by atoms with van der Waals surface area (Å²) in [7, 11) is 0. The molecule has 0 aromatic carbocycles. The van der Waals surface area contributed by atoms with E-state index in [-0.39, 0.29) is 0 Å². The maximum Gasteiger partial charge on any atom is -0.0166 e. The summed E-state index contributed by atoms with van der Waals surface area (Å²) >= 11 is 0. The minimum atomic E-state index is 1.04. The highest BCUT2D eigenvalue weighted by Crippen LogP contribution is 2.00. The van der Waals surface area contributed by atoms with Gasteiger partial charge >= 0.3 is 0 Å². The van der Waals surface area contributed by atoms with Crippen molar-refractivity contribution in [1.29, 1.82) is 0 Å². The highest BCUT2D eigenvalue weighted by atomic mass is 13.9. The van der Waals surface area contributed by atoms with Crippen LogP contribution >= 0.6 is 0 Å². The third-order valence-corrected chi connectivity index (χ3v) is 1.92. The smallest absolute Gasteiger partial charge is 0.0166 e. The van der Waals surface area contributed by atoms with Gasteiger partial charge in [0.25, 0.3) is 0 Å². The summed E-state index contributed by atoms with van der Waals surface area (Å²) < 4.78 is 0. The zero-order chi connectivity index (χ0) is 10.5. The first-order valence-corrected chi connectivity index (χ1v) is 5.45. The maximum atomic E-state index is 3.70. The normalized spacial score (nSPS) is 12.1. The van der Waals surface area contributed by atoms with E-state index in [2.05, 4.69) is 43.0 Å². The number of rotatable bonds is 8. The molecule has 0 spiro atoms. The molecular formula is C14H22. The molecule has 0 atom stereocenters. The maximum absolute atomic E-state index is 3.70. The van der Waals surface area contributed by atoms with Crippen LogP contribution in [-0.2, 0) is 0 Å². The minimum Gasteiger partial charge on any atom is -0.103 e. The van der Waals surface area contributed by atoms with Crippen molar-refractivity contribution in [1.82, 2.24) is 0 Å². The molecule has 14 heavy (non-hydrogen) atoms. The van der Waals surface area contributed by atoms with Crippen LogP contribution in [-0.4, -0.2) is 0 Å². The molecule has 0 rings (SSSR count). The summed E-state index contributed by atoms with van der Waals surface area (Å²) in [4.78, 5) is 0. The average molecular weight is 190 g/mol. The summed E-state index contributed by atoms with van der Waals surface area (Å²) in [6.45, 7) is 5.75. The average Bonchev–Trinajstić information content (AvgIpc) is 2.21. The highest BCUT2D eigenvalue weighted by Gasteiger charge is 1.80. The van der Waals surface area contributed by atoms with E-state index in [1.807, 2.05) is 13.0 Å². The molecule has 0 fully saturated rings. The van der Waals surface area contributed by atoms with Crippen LogP contribution in [0.3, 0.4) is 0 Å². The van der Waals surface area contributed by atoms with Gasteiger partial charge in [-0.3, -0.25) is 0 Å². The van der Waals surface area contributed by atoms with E-state index in [0.717, 1.165) is 12.8 Å². The largest absolute Gasteiger partial charge is 0.103 e. The third-order valence-electron chi connectivity index (χ3n) is 1.92. The van der Waals surface area contributed by atoms with Gasteiger partial charge in [-0.1, -0.05) is 42.5 Å². The van der Waals surface area contributed by atoms with Gasteiger partial charge in [-0.15, -0.1) is 6.58 Å². The number of hydrogen-bond acceptors (Lipinski definition) is 0. The van der Waals surface area contributed by atoms with Crippen LogP contribution < -0.4 is 0 Å². The Morgan fingerprint density at radius 2 is 1.64 bits per heavy atom. The highest BCUT2D eigenvalue weighted by molar-refractivity contribution is 5.04. The second-order valence-corrected chi connectivity index (χ2v) is 3.23. The fraction of sp³-hybridized carbons (Fsp3) is 0.429. The SMILES string of the molecule is C=CCCCCC=CC=CCC=CC. The van der Waals surface area contributed by atoms with Crippen molar-refractivity contribution in [3.63, 3.8) is 0 Å². The Kier molecular flexibility index (Phi) is 11.1. The van der Waals surface area contributed by atoms with Gasteiger partial charge in [0.15, 0.2) is 0 Å². The molecule has 0 N–H and O–H groups in total. The van der Waals surface area contributed by atoms with Crippen molar-refractivity contribution >= 4 is 0 Å². The fourth-order valence-corrected chi connectivity index (χ4v) is 1.10. The van der Waals surface area contributed by atoms with Crippen molar-refractivity contribution < 1.29 is 0 Å². The molecule has 0 heteroatoms. The molecule has 78 valence electrons. The molecule has 0 aliphatic rings. The molecule has 0 aromatic heterocycles. The van der Waals surface area contributed by atoms with Gasteiger partial charge in [-0.25, -0.2) is 0 Å². The first-order valence-electron chi connectivity index (χ1n) is 5.45. The Morgan fingerprint density at radius 1 is 0.929 bits per heavy atom. The molecule has 0 radical (unpaired) electrons. The summed E-state index contributed by atoms with van der Waals surface area (Å²) in [6.07, 6.45) is 20.8. The summed E-state index contributed by atoms with van der Waals surface area (Å²) in [5.74, 6) is 0. The van der Waals surface area contributed by atoms with Gasteiger partial charge in [-0.05, 0) is 39.0 Å². The van der Waals surface area contributed by atoms with Gasteiger partial charge in [-0.2, -0.15) is 0 Å². The van der Waals surface area contributed by atoms with E-state index in [1.165, 1.54) is 19.3 Å². The molecule has 0 aliphatic heterocycles. The Balaban J connectivity index is 3.26. The molecule has 0 saturated carbocycles. The molecule has 0 aliphatic carbocycles. The number of unbranched alkanes of at least 4 members (excludes halogenated alkanes) is 3. The molecule has 0 bridgehead atoms. The Bertz CT molecular complexity index is 194. The zero-order valence-corrected chi connectivity index (χ0v) is 9.28. The topological polar surface area (TPSA) is 0 Å². The minimum absolute atomic E-state index is 1.04. The summed E-state index contributed by atoms with van der Waals surface area (Å²) in [5.41, 5.74) is 0. The Labute approximate surface area is 88.7 Å². The molecule has 0 heterocycles. The lowest BCUT2D eigenvalue weighted by molar-refractivity contribution is 0.763. The van der Waals surface area contributed by atoms with E-state index >= 15 is 0 Å². The Morgan fingerprint density at radius 3 is 2.36 bits per heavy atom. The molecule has 0 saturated heterocycles. The van der Waals surface area contributed by atoms with E-state index < -0.39 is 0 Å². The van der Waals surface area contributed by atoms with Gasteiger partial charge in [0.2, 0.25) is 0 Å². The van der Waals surface area contributed by atoms with Crippen molar-refractivity contribution in [3.8, 4) is 0 Å². The quantitative estimate of drug-likeness (QED) is 0.293. The van der Waals surface area contributed by atoms with Crippen molar-refractivity contribution in [2.24, 2.45) is 0 Å². The van der Waals surface area contributed by atoms with Crippen LogP contribution in [0.1, 0.15) is 39.0 Å². The first kappa shape index (κ1) is 13.0. The van der Waals surface area contributed by atoms with E-state index in [4.69, 9.17) is 0 Å². The van der Waals surface area contributed by atoms with Crippen molar-refractivity contribution in [2.45, 2.75) is 39.0 Å². The molecule has 0 unspecified atom stereocenters. The molecular weight excluding hydrogens is 168 g/mol. The van der Waals surface area contributed by atoms with Crippen LogP contribution in [0, 0.1) is 0 Å². The summed E-state index contributed by atoms with van der Waals surface area (Å²) in [5, 5.41) is 0. The van der Waals surface area contributed by atoms with Crippen molar-refractivity contribution in [3.05, 3.63) is 49.1 Å². The van der Waals surface area contributed by atoms with Gasteiger partial charge in [0, 0.05) is 0 Å². The van der Waals surface area contributed by atoms with Gasteiger partial charge in [0.05, 0.1) is 0 Å². The molecule has 0 aromatic rings. The predicted molar refractivity (Wildman–Crippen MR) is 66.4 cm³/mol. The molecule has 0 amide bonds. The van der Waals surface area contributed by atoms with E-state index in [9.17, 15) is 0 Å². The van der Waals surface area contributed by atoms with E-state index in [1.54, 1.807) is 0 Å². The van der Waals surface area contributed by atoms with Gasteiger partial charge < -0.3 is 0 Å². The Hall–Kier alpha value is -1.04. The third kappa shape index (κ3) is 11.0. The number of hydrogen-bond donors (Lipinski definition) is 0. The van der Waals surface area contributed by atoms with Crippen LogP contribution in [0.25, 0.3) is 0 Å². The summed E-state index contributed by atoms with van der Waals surface area (Å²) in [6, 6.07) is 0. The van der Waals surface area contributed by atoms with Crippen molar-refractivity contribution in [2.75, 3.05) is 0 Å². The lowest BCUT2D eigenvalue weighted by Crippen LogP contribution is -1.70. The fourth-order valence-electron chi connectivity index (χ4n) is 1.10. The molecule has 0 nitrogen and oxygen atoms in total. The lowest BCUT2D eigenvalue weighted by Gasteiger charge is -1.90. The van der Waals surface area contributed by atoms with E-state index in [0.29, 0.717) is 0 Å². The van der Waals surface area contributed by atoms with Gasteiger partial charge in [0.1, 0.15) is 0 Å². The standard InChI is InChI=1S/C14H22/c1-3-5-7-9-11-13-14-12-10-8-6-4-2/h3-4,6,10,12-14H,1,5,7-9,11H2,2H3. The second kappa shape index (κ2) is 12.0. The van der Waals surface area contributed by atoms with Crippen LogP contribution in [0.5, 0.6) is 0 Å². The monoisotopic (exact) mass is 190 g/mol. The number of allylic oxidation sites excluding steroid dienone is 7. The van der Waals surface area contributed by atoms with Crippen LogP contribution in [0.2, 0.25) is 0 Å². The van der Waals surface area contributed by atoms with Crippen LogP contribution in [0.15, 0.2) is 49.1 Å². The van der Waals surface area contributed by atoms with Crippen LogP contribution in [0.4, 0.5) is 0 Å². The predicted octanol–water partition coefficient (Wildman–Crippen LogP) is 4.81. The zero-order valence-electron chi connectivity index (χ0n) is 9.28. The lowest BCUT2D eigenvalue weighted by atomic mass is 10.2. The first-order chi connectivity index (χ1) is 6.91. The second-order valence-electron chi connectivity index (χ2n) is 3.23.